The molecular formula is C19H22N2O6S. The van der Waals surface area contributed by atoms with Crippen LogP contribution in [0.25, 0.3) is 0 Å². The van der Waals surface area contributed by atoms with Crippen LogP contribution < -0.4 is 24.2 Å². The van der Waals surface area contributed by atoms with E-state index in [1.807, 2.05) is 13.8 Å². The van der Waals surface area contributed by atoms with Gasteiger partial charge in [-0.3, -0.25) is 9.52 Å². The normalized spacial score (nSPS) is 13.1. The Kier molecular flexibility index (Phi) is 5.64. The number of hydrogen-bond acceptors (Lipinski definition) is 6. The van der Waals surface area contributed by atoms with Gasteiger partial charge in [-0.05, 0) is 44.2 Å². The van der Waals surface area contributed by atoms with Crippen LogP contribution in [0.4, 0.5) is 5.69 Å². The molecule has 0 unspecified atom stereocenters. The van der Waals surface area contributed by atoms with Crippen molar-refractivity contribution in [1.29, 1.82) is 0 Å². The Hall–Kier alpha value is -2.94. The fourth-order valence-electron chi connectivity index (χ4n) is 2.69. The van der Waals surface area contributed by atoms with Crippen LogP contribution >= 0.6 is 0 Å². The maximum absolute atomic E-state index is 12.8. The Morgan fingerprint density at radius 3 is 2.46 bits per heavy atom. The van der Waals surface area contributed by atoms with Crippen molar-refractivity contribution in [1.82, 2.24) is 5.32 Å². The Labute approximate surface area is 163 Å². The minimum Gasteiger partial charge on any atom is -0.496 e. The summed E-state index contributed by atoms with van der Waals surface area (Å²) < 4.78 is 44.2. The Morgan fingerprint density at radius 1 is 1.07 bits per heavy atom. The second-order valence-electron chi connectivity index (χ2n) is 6.45. The third kappa shape index (κ3) is 4.30. The summed E-state index contributed by atoms with van der Waals surface area (Å²) in [6, 6.07) is 8.80. The van der Waals surface area contributed by atoms with Gasteiger partial charge in [0, 0.05) is 12.1 Å². The number of carbonyl (C=O) groups excluding carboxylic acids is 1. The van der Waals surface area contributed by atoms with Crippen molar-refractivity contribution in [2.45, 2.75) is 24.8 Å². The third-order valence-electron chi connectivity index (χ3n) is 3.94. The molecule has 1 aliphatic heterocycles. The molecule has 2 aromatic rings. The molecule has 0 aliphatic carbocycles. The zero-order valence-corrected chi connectivity index (χ0v) is 16.6. The minimum atomic E-state index is -3.93. The molecule has 1 amide bonds. The topological polar surface area (TPSA) is 103 Å². The van der Waals surface area contributed by atoms with Gasteiger partial charge < -0.3 is 19.5 Å². The summed E-state index contributed by atoms with van der Waals surface area (Å²) in [5, 5.41) is 2.73. The van der Waals surface area contributed by atoms with Gasteiger partial charge in [0.1, 0.15) is 19.0 Å². The van der Waals surface area contributed by atoms with E-state index >= 15 is 0 Å². The summed E-state index contributed by atoms with van der Waals surface area (Å²) in [5.74, 6) is 0.907. The van der Waals surface area contributed by atoms with E-state index in [0.29, 0.717) is 30.4 Å². The number of sulfonamides is 1. The van der Waals surface area contributed by atoms with Crippen LogP contribution in [-0.4, -0.2) is 40.7 Å². The fourth-order valence-corrected chi connectivity index (χ4v) is 3.77. The van der Waals surface area contributed by atoms with Gasteiger partial charge in [-0.1, -0.05) is 0 Å². The van der Waals surface area contributed by atoms with Gasteiger partial charge in [0.15, 0.2) is 11.5 Å². The molecule has 0 fully saturated rings. The quantitative estimate of drug-likeness (QED) is 0.764. The molecule has 0 saturated heterocycles. The van der Waals surface area contributed by atoms with E-state index in [0.717, 1.165) is 0 Å². The van der Waals surface area contributed by atoms with Crippen LogP contribution in [-0.2, 0) is 10.0 Å². The number of hydrogen-bond donors (Lipinski definition) is 2. The smallest absolute Gasteiger partial charge is 0.261 e. The molecular weight excluding hydrogens is 384 g/mol. The molecule has 9 heteroatoms. The van der Waals surface area contributed by atoms with E-state index < -0.39 is 15.9 Å². The van der Waals surface area contributed by atoms with Gasteiger partial charge in [0.2, 0.25) is 0 Å². The number of carbonyl (C=O) groups is 1. The van der Waals surface area contributed by atoms with Crippen molar-refractivity contribution < 1.29 is 27.4 Å². The number of fused-ring (bicyclic) bond motifs is 1. The van der Waals surface area contributed by atoms with Crippen molar-refractivity contribution >= 4 is 21.6 Å². The van der Waals surface area contributed by atoms with Crippen LogP contribution in [0.2, 0.25) is 0 Å². The lowest BCUT2D eigenvalue weighted by molar-refractivity contribution is 0.0940. The van der Waals surface area contributed by atoms with Crippen molar-refractivity contribution in [2.24, 2.45) is 0 Å². The molecule has 0 aromatic heterocycles. The van der Waals surface area contributed by atoms with Crippen molar-refractivity contribution in [3.63, 3.8) is 0 Å². The first-order valence-electron chi connectivity index (χ1n) is 8.71. The van der Waals surface area contributed by atoms with Crippen LogP contribution in [0.1, 0.15) is 24.2 Å². The average Bonchev–Trinajstić information content (AvgIpc) is 2.66. The summed E-state index contributed by atoms with van der Waals surface area (Å²) in [7, 11) is -2.51. The monoisotopic (exact) mass is 406 g/mol. The van der Waals surface area contributed by atoms with Gasteiger partial charge in [-0.25, -0.2) is 8.42 Å². The number of benzene rings is 2. The molecule has 8 nitrogen and oxygen atoms in total. The number of nitrogens with one attached hydrogen (secondary N) is 2. The molecule has 0 spiro atoms. The van der Waals surface area contributed by atoms with E-state index in [1.165, 1.54) is 25.3 Å². The van der Waals surface area contributed by atoms with Gasteiger partial charge in [-0.15, -0.1) is 0 Å². The first-order chi connectivity index (χ1) is 13.3. The van der Waals surface area contributed by atoms with Crippen molar-refractivity contribution in [3.05, 3.63) is 42.0 Å². The van der Waals surface area contributed by atoms with Crippen molar-refractivity contribution in [2.75, 3.05) is 25.0 Å². The summed E-state index contributed by atoms with van der Waals surface area (Å²) in [6.07, 6.45) is 0. The summed E-state index contributed by atoms with van der Waals surface area (Å²) in [6.45, 7) is 4.48. The Morgan fingerprint density at radius 2 is 1.79 bits per heavy atom. The van der Waals surface area contributed by atoms with E-state index in [1.54, 1.807) is 18.2 Å². The summed E-state index contributed by atoms with van der Waals surface area (Å²) in [5.41, 5.74) is 0.467. The maximum Gasteiger partial charge on any atom is 0.261 e. The number of amides is 1. The molecule has 3 rings (SSSR count). The number of rotatable bonds is 6. The van der Waals surface area contributed by atoms with Crippen LogP contribution in [0, 0.1) is 0 Å². The van der Waals surface area contributed by atoms with Gasteiger partial charge >= 0.3 is 0 Å². The van der Waals surface area contributed by atoms with Crippen LogP contribution in [0.5, 0.6) is 17.2 Å². The van der Waals surface area contributed by atoms with E-state index in [9.17, 15) is 13.2 Å². The molecule has 150 valence electrons. The van der Waals surface area contributed by atoms with Gasteiger partial charge in [-0.2, -0.15) is 0 Å². The number of ether oxygens (including phenoxy) is 3. The summed E-state index contributed by atoms with van der Waals surface area (Å²) in [4.78, 5) is 12.3. The lowest BCUT2D eigenvalue weighted by Crippen LogP contribution is -2.30. The molecule has 2 N–H and O–H groups in total. The molecule has 1 heterocycles. The molecule has 28 heavy (non-hydrogen) atoms. The highest BCUT2D eigenvalue weighted by molar-refractivity contribution is 7.92. The van der Waals surface area contributed by atoms with Crippen LogP contribution in [0.3, 0.4) is 0 Å². The van der Waals surface area contributed by atoms with E-state index in [2.05, 4.69) is 10.0 Å². The Balaban J connectivity index is 1.90. The van der Waals surface area contributed by atoms with E-state index in [4.69, 9.17) is 14.2 Å². The standard InChI is InChI=1S/C19H22N2O6S/c1-12(2)20-19(22)15-11-14(5-7-16(15)25-3)28(23,24)21-13-4-6-17-18(10-13)27-9-8-26-17/h4-7,10-12,21H,8-9H2,1-3H3,(H,20,22). The highest BCUT2D eigenvalue weighted by atomic mass is 32.2. The highest BCUT2D eigenvalue weighted by Crippen LogP contribution is 2.33. The second-order valence-corrected chi connectivity index (χ2v) is 8.14. The second kappa shape index (κ2) is 7.97. The first kappa shape index (κ1) is 19.8. The average molecular weight is 406 g/mol. The zero-order valence-electron chi connectivity index (χ0n) is 15.8. The predicted molar refractivity (Wildman–Crippen MR) is 104 cm³/mol. The van der Waals surface area contributed by atoms with Crippen molar-refractivity contribution in [3.8, 4) is 17.2 Å². The predicted octanol–water partition coefficient (Wildman–Crippen LogP) is 2.41. The Bertz CT molecular complexity index is 988. The highest BCUT2D eigenvalue weighted by Gasteiger charge is 2.21. The van der Waals surface area contributed by atoms with Gasteiger partial charge in [0.05, 0.1) is 23.3 Å². The maximum atomic E-state index is 12.8. The molecule has 0 saturated carbocycles. The zero-order chi connectivity index (χ0) is 20.3. The van der Waals surface area contributed by atoms with Crippen LogP contribution in [0.15, 0.2) is 41.3 Å². The minimum absolute atomic E-state index is 0.0582. The molecule has 0 bridgehead atoms. The lowest BCUT2D eigenvalue weighted by atomic mass is 10.2. The molecule has 0 radical (unpaired) electrons. The van der Waals surface area contributed by atoms with E-state index in [-0.39, 0.29) is 22.3 Å². The lowest BCUT2D eigenvalue weighted by Gasteiger charge is -2.19. The third-order valence-corrected chi connectivity index (χ3v) is 5.32. The summed E-state index contributed by atoms with van der Waals surface area (Å²) >= 11 is 0. The number of methoxy groups -OCH3 is 1. The number of anilines is 1. The SMILES string of the molecule is COc1ccc(S(=O)(=O)Nc2ccc3c(c2)OCCO3)cc1C(=O)NC(C)C. The van der Waals surface area contributed by atoms with Gasteiger partial charge in [0.25, 0.3) is 15.9 Å². The largest absolute Gasteiger partial charge is 0.496 e. The molecule has 1 aliphatic rings. The molecule has 0 atom stereocenters. The first-order valence-corrected chi connectivity index (χ1v) is 10.2. The fraction of sp³-hybridized carbons (Fsp3) is 0.316. The molecule has 2 aromatic carbocycles.